The lowest BCUT2D eigenvalue weighted by atomic mass is 9.99. The number of allylic oxidation sites excluding steroid dienone is 8. The van der Waals surface area contributed by atoms with E-state index >= 15 is 0 Å². The van der Waals surface area contributed by atoms with Crippen molar-refractivity contribution in [3.63, 3.8) is 0 Å². The second kappa shape index (κ2) is 8.11. The summed E-state index contributed by atoms with van der Waals surface area (Å²) in [6.45, 7) is 6.60. The summed E-state index contributed by atoms with van der Waals surface area (Å²) in [6, 6.07) is 0. The highest BCUT2D eigenvalue weighted by Gasteiger charge is 1.98. The van der Waals surface area contributed by atoms with E-state index in [2.05, 4.69) is 51.2 Å². The van der Waals surface area contributed by atoms with Crippen LogP contribution >= 0.6 is 0 Å². The predicted molar refractivity (Wildman–Crippen MR) is 78.1 cm³/mol. The maximum absolute atomic E-state index is 2.41. The fraction of sp³-hybridized carbons (Fsp3) is 0.529. The molecule has 0 fully saturated rings. The summed E-state index contributed by atoms with van der Waals surface area (Å²) >= 11 is 0. The number of rotatable bonds is 6. The van der Waals surface area contributed by atoms with E-state index in [1.165, 1.54) is 49.7 Å². The molecule has 0 heteroatoms. The summed E-state index contributed by atoms with van der Waals surface area (Å²) in [7, 11) is 0. The van der Waals surface area contributed by atoms with Gasteiger partial charge in [0.15, 0.2) is 0 Å². The van der Waals surface area contributed by atoms with E-state index in [4.69, 9.17) is 0 Å². The Morgan fingerprint density at radius 2 is 2.00 bits per heavy atom. The summed E-state index contributed by atoms with van der Waals surface area (Å²) in [6.07, 6.45) is 18.8. The van der Waals surface area contributed by atoms with Crippen molar-refractivity contribution in [3.8, 4) is 0 Å². The van der Waals surface area contributed by atoms with Crippen molar-refractivity contribution < 1.29 is 0 Å². The van der Waals surface area contributed by atoms with Gasteiger partial charge in [-0.15, -0.1) is 0 Å². The molecule has 0 N–H and O–H groups in total. The Hall–Kier alpha value is -1.04. The summed E-state index contributed by atoms with van der Waals surface area (Å²) < 4.78 is 0. The average molecular weight is 230 g/mol. The van der Waals surface area contributed by atoms with Gasteiger partial charge in [0.05, 0.1) is 0 Å². The minimum Gasteiger partial charge on any atom is -0.0856 e. The van der Waals surface area contributed by atoms with Crippen molar-refractivity contribution in [2.75, 3.05) is 0 Å². The van der Waals surface area contributed by atoms with E-state index in [-0.39, 0.29) is 0 Å². The lowest BCUT2D eigenvalue weighted by Gasteiger charge is -2.07. The third-order valence-electron chi connectivity index (χ3n) is 3.15. The standard InChI is InChI=1S/C17H26/c1-15(2)9-7-10-16(3)11-8-14-17-12-5-4-6-13-17/h4-5,9,11-12H,6-8,10,13-14H2,1-3H3/b16-11+. The maximum Gasteiger partial charge on any atom is -0.0282 e. The summed E-state index contributed by atoms with van der Waals surface area (Å²) in [4.78, 5) is 0. The fourth-order valence-corrected chi connectivity index (χ4v) is 2.06. The van der Waals surface area contributed by atoms with Crippen LogP contribution < -0.4 is 0 Å². The van der Waals surface area contributed by atoms with Crippen LogP contribution in [-0.2, 0) is 0 Å². The second-order valence-electron chi connectivity index (χ2n) is 5.20. The normalized spacial score (nSPS) is 15.7. The zero-order chi connectivity index (χ0) is 12.5. The van der Waals surface area contributed by atoms with Gasteiger partial charge in [-0.2, -0.15) is 0 Å². The minimum absolute atomic E-state index is 1.19. The molecule has 0 aromatic rings. The van der Waals surface area contributed by atoms with Gasteiger partial charge >= 0.3 is 0 Å². The molecule has 0 saturated heterocycles. The van der Waals surface area contributed by atoms with Gasteiger partial charge in [-0.3, -0.25) is 0 Å². The molecule has 0 bridgehead atoms. The van der Waals surface area contributed by atoms with Crippen LogP contribution in [0.3, 0.4) is 0 Å². The Morgan fingerprint density at radius 3 is 2.65 bits per heavy atom. The highest BCUT2D eigenvalue weighted by molar-refractivity contribution is 5.18. The second-order valence-corrected chi connectivity index (χ2v) is 5.20. The van der Waals surface area contributed by atoms with Crippen LogP contribution in [0.2, 0.25) is 0 Å². The fourth-order valence-electron chi connectivity index (χ4n) is 2.06. The molecule has 0 saturated carbocycles. The molecule has 0 aliphatic heterocycles. The van der Waals surface area contributed by atoms with E-state index in [0.717, 1.165) is 0 Å². The average Bonchev–Trinajstić information content (AvgIpc) is 2.30. The smallest absolute Gasteiger partial charge is 0.0282 e. The first-order valence-corrected chi connectivity index (χ1v) is 6.82. The number of hydrogen-bond acceptors (Lipinski definition) is 0. The molecular formula is C17H26. The lowest BCUT2D eigenvalue weighted by molar-refractivity contribution is 0.844. The maximum atomic E-state index is 2.41. The van der Waals surface area contributed by atoms with Gasteiger partial charge in [0.2, 0.25) is 0 Å². The van der Waals surface area contributed by atoms with Crippen LogP contribution in [0.1, 0.15) is 59.3 Å². The van der Waals surface area contributed by atoms with Crippen LogP contribution in [0, 0.1) is 0 Å². The van der Waals surface area contributed by atoms with Crippen molar-refractivity contribution in [2.24, 2.45) is 0 Å². The molecular weight excluding hydrogens is 204 g/mol. The van der Waals surface area contributed by atoms with Crippen LogP contribution in [-0.4, -0.2) is 0 Å². The van der Waals surface area contributed by atoms with E-state index in [0.29, 0.717) is 0 Å². The van der Waals surface area contributed by atoms with Crippen LogP contribution in [0.25, 0.3) is 0 Å². The molecule has 0 atom stereocenters. The molecule has 0 amide bonds. The Bertz CT molecular complexity index is 333. The van der Waals surface area contributed by atoms with Crippen LogP contribution in [0.5, 0.6) is 0 Å². The first-order chi connectivity index (χ1) is 8.18. The largest absolute Gasteiger partial charge is 0.0856 e. The van der Waals surface area contributed by atoms with Crippen molar-refractivity contribution in [3.05, 3.63) is 47.1 Å². The molecule has 1 aliphatic carbocycles. The molecule has 1 rings (SSSR count). The molecule has 0 aromatic carbocycles. The highest BCUT2D eigenvalue weighted by Crippen LogP contribution is 2.18. The van der Waals surface area contributed by atoms with Gasteiger partial charge in [-0.25, -0.2) is 0 Å². The van der Waals surface area contributed by atoms with E-state index in [1.54, 1.807) is 5.57 Å². The predicted octanol–water partition coefficient (Wildman–Crippen LogP) is 5.74. The molecule has 0 unspecified atom stereocenters. The minimum atomic E-state index is 1.19. The Balaban J connectivity index is 2.21. The third kappa shape index (κ3) is 6.99. The van der Waals surface area contributed by atoms with Gasteiger partial charge in [0.25, 0.3) is 0 Å². The monoisotopic (exact) mass is 230 g/mol. The highest BCUT2D eigenvalue weighted by atomic mass is 14.0. The van der Waals surface area contributed by atoms with Gasteiger partial charge in [0.1, 0.15) is 0 Å². The topological polar surface area (TPSA) is 0 Å². The molecule has 0 aromatic heterocycles. The quantitative estimate of drug-likeness (QED) is 0.511. The van der Waals surface area contributed by atoms with Gasteiger partial charge in [-0.05, 0) is 59.3 Å². The first kappa shape index (κ1) is 14.0. The third-order valence-corrected chi connectivity index (χ3v) is 3.15. The Labute approximate surface area is 107 Å². The molecule has 0 nitrogen and oxygen atoms in total. The van der Waals surface area contributed by atoms with Crippen LogP contribution in [0.4, 0.5) is 0 Å². The van der Waals surface area contributed by atoms with Crippen molar-refractivity contribution >= 4 is 0 Å². The van der Waals surface area contributed by atoms with E-state index in [9.17, 15) is 0 Å². The lowest BCUT2D eigenvalue weighted by Crippen LogP contribution is -1.87. The van der Waals surface area contributed by atoms with E-state index in [1.807, 2.05) is 0 Å². The zero-order valence-electron chi connectivity index (χ0n) is 11.6. The summed E-state index contributed by atoms with van der Waals surface area (Å²) in [5.41, 5.74) is 4.58. The number of hydrogen-bond donors (Lipinski definition) is 0. The summed E-state index contributed by atoms with van der Waals surface area (Å²) in [5, 5.41) is 0. The van der Waals surface area contributed by atoms with Crippen molar-refractivity contribution in [1.82, 2.24) is 0 Å². The van der Waals surface area contributed by atoms with Gasteiger partial charge < -0.3 is 0 Å². The van der Waals surface area contributed by atoms with Gasteiger partial charge in [-0.1, -0.05) is 47.1 Å². The first-order valence-electron chi connectivity index (χ1n) is 6.82. The molecule has 17 heavy (non-hydrogen) atoms. The zero-order valence-corrected chi connectivity index (χ0v) is 11.6. The van der Waals surface area contributed by atoms with Crippen LogP contribution in [0.15, 0.2) is 47.1 Å². The molecule has 0 spiro atoms. The van der Waals surface area contributed by atoms with Crippen molar-refractivity contribution in [2.45, 2.75) is 59.3 Å². The molecule has 94 valence electrons. The Kier molecular flexibility index (Phi) is 6.69. The Morgan fingerprint density at radius 1 is 1.18 bits per heavy atom. The SMILES string of the molecule is CC(C)=CCC/C(C)=C/CCC1=CC=CCC1. The molecule has 0 radical (unpaired) electrons. The molecule has 1 aliphatic rings. The molecule has 0 heterocycles. The van der Waals surface area contributed by atoms with Gasteiger partial charge in [0, 0.05) is 0 Å². The van der Waals surface area contributed by atoms with Crippen molar-refractivity contribution in [1.29, 1.82) is 0 Å². The van der Waals surface area contributed by atoms with E-state index < -0.39 is 0 Å². The summed E-state index contributed by atoms with van der Waals surface area (Å²) in [5.74, 6) is 0.